The molecule has 0 aliphatic carbocycles. The Morgan fingerprint density at radius 1 is 1.08 bits per heavy atom. The largest absolute Gasteiger partial charge is 0.350 e. The van der Waals surface area contributed by atoms with E-state index in [1.807, 2.05) is 24.3 Å². The van der Waals surface area contributed by atoms with E-state index in [1.54, 1.807) is 6.92 Å². The topological polar surface area (TPSA) is 47.9 Å². The number of piperazine rings is 1. The van der Waals surface area contributed by atoms with Gasteiger partial charge in [0.2, 0.25) is 0 Å². The molecule has 1 N–H and O–H groups in total. The monoisotopic (exact) mass is 324 g/mol. The minimum Gasteiger partial charge on any atom is -0.350 e. The second-order valence-electron chi connectivity index (χ2n) is 6.05. The third kappa shape index (κ3) is 3.57. The number of rotatable bonds is 4. The summed E-state index contributed by atoms with van der Waals surface area (Å²) < 4.78 is 0. The molecular formula is C19H24N4O. The van der Waals surface area contributed by atoms with Crippen LogP contribution in [0, 0.1) is 0 Å². The smallest absolute Gasteiger partial charge is 0.196 e. The number of nitrogens with zero attached hydrogens (tertiary/aromatic N) is 3. The van der Waals surface area contributed by atoms with Crippen molar-refractivity contribution in [3.63, 3.8) is 0 Å². The number of amidine groups is 1. The summed E-state index contributed by atoms with van der Waals surface area (Å²) in [6, 6.07) is 14.2. The van der Waals surface area contributed by atoms with Crippen molar-refractivity contribution in [2.45, 2.75) is 13.8 Å². The van der Waals surface area contributed by atoms with Crippen molar-refractivity contribution in [1.82, 2.24) is 9.80 Å². The van der Waals surface area contributed by atoms with Crippen LogP contribution in [-0.2, 0) is 4.79 Å². The number of hydrogen-bond donors (Lipinski definition) is 1. The molecule has 0 radical (unpaired) electrons. The van der Waals surface area contributed by atoms with Crippen molar-refractivity contribution in [3.05, 3.63) is 42.5 Å². The van der Waals surface area contributed by atoms with Crippen molar-refractivity contribution in [2.75, 3.05) is 38.1 Å². The van der Waals surface area contributed by atoms with Gasteiger partial charge in [0, 0.05) is 38.5 Å². The van der Waals surface area contributed by atoms with Crippen LogP contribution < -0.4 is 5.43 Å². The van der Waals surface area contributed by atoms with Gasteiger partial charge in [-0.3, -0.25) is 10.2 Å². The first-order chi connectivity index (χ1) is 11.7. The first kappa shape index (κ1) is 16.5. The quantitative estimate of drug-likeness (QED) is 0.534. The first-order valence-corrected chi connectivity index (χ1v) is 8.48. The summed E-state index contributed by atoms with van der Waals surface area (Å²) in [5.41, 5.74) is 4.02. The minimum atomic E-state index is -0.00677. The van der Waals surface area contributed by atoms with Gasteiger partial charge in [-0.25, -0.2) is 0 Å². The molecule has 24 heavy (non-hydrogen) atoms. The van der Waals surface area contributed by atoms with Crippen LogP contribution in [0.15, 0.2) is 47.6 Å². The summed E-state index contributed by atoms with van der Waals surface area (Å²) in [6.45, 7) is 8.41. The highest BCUT2D eigenvalue weighted by atomic mass is 16.1. The first-order valence-electron chi connectivity index (χ1n) is 8.48. The average molecular weight is 324 g/mol. The maximum absolute atomic E-state index is 12.1. The molecule has 2 aromatic rings. The van der Waals surface area contributed by atoms with Gasteiger partial charge in [0.1, 0.15) is 0 Å². The van der Waals surface area contributed by atoms with E-state index in [0.29, 0.717) is 5.84 Å². The number of Topliss-reactive ketones (excluding diaryl/α,β-unsaturated/α-hetero) is 1. The van der Waals surface area contributed by atoms with Crippen molar-refractivity contribution < 1.29 is 4.79 Å². The van der Waals surface area contributed by atoms with Crippen LogP contribution in [0.1, 0.15) is 13.8 Å². The Balaban J connectivity index is 1.80. The SMILES string of the molecule is CCN1CCN(C(=NNc2cccc3ccccc23)C(C)=O)CC1. The van der Waals surface area contributed by atoms with Gasteiger partial charge in [-0.15, -0.1) is 0 Å². The number of benzene rings is 2. The van der Waals surface area contributed by atoms with Crippen LogP contribution in [0.5, 0.6) is 0 Å². The zero-order chi connectivity index (χ0) is 16.9. The second-order valence-corrected chi connectivity index (χ2v) is 6.05. The predicted molar refractivity (Wildman–Crippen MR) is 99.4 cm³/mol. The van der Waals surface area contributed by atoms with E-state index in [2.05, 4.69) is 45.4 Å². The normalized spacial score (nSPS) is 16.4. The Labute approximate surface area is 142 Å². The van der Waals surface area contributed by atoms with E-state index in [4.69, 9.17) is 0 Å². The highest BCUT2D eigenvalue weighted by Gasteiger charge is 2.21. The number of hydrogen-bond acceptors (Lipinski definition) is 4. The van der Waals surface area contributed by atoms with Gasteiger partial charge in [-0.1, -0.05) is 43.3 Å². The molecule has 0 bridgehead atoms. The highest BCUT2D eigenvalue weighted by molar-refractivity contribution is 6.38. The zero-order valence-corrected chi connectivity index (χ0v) is 14.3. The van der Waals surface area contributed by atoms with Crippen LogP contribution >= 0.6 is 0 Å². The molecule has 1 heterocycles. The number of hydrazone groups is 1. The zero-order valence-electron chi connectivity index (χ0n) is 14.3. The lowest BCUT2D eigenvalue weighted by Gasteiger charge is -2.35. The Hall–Kier alpha value is -2.40. The number of likely N-dealkylation sites (N-methyl/N-ethyl adjacent to an activating group) is 1. The maximum atomic E-state index is 12.1. The van der Waals surface area contributed by atoms with Gasteiger partial charge in [-0.05, 0) is 18.0 Å². The lowest BCUT2D eigenvalue weighted by molar-refractivity contribution is -0.111. The van der Waals surface area contributed by atoms with Crippen LogP contribution in [0.4, 0.5) is 5.69 Å². The van der Waals surface area contributed by atoms with E-state index < -0.39 is 0 Å². The molecule has 2 aromatic carbocycles. The Morgan fingerprint density at radius 3 is 2.50 bits per heavy atom. The summed E-state index contributed by atoms with van der Waals surface area (Å²) in [5, 5.41) is 6.69. The number of ketones is 1. The van der Waals surface area contributed by atoms with E-state index in [-0.39, 0.29) is 5.78 Å². The third-order valence-corrected chi connectivity index (χ3v) is 4.51. The summed E-state index contributed by atoms with van der Waals surface area (Å²) >= 11 is 0. The molecule has 0 atom stereocenters. The number of nitrogens with one attached hydrogen (secondary N) is 1. The molecule has 1 aliphatic rings. The van der Waals surface area contributed by atoms with Gasteiger partial charge >= 0.3 is 0 Å². The molecule has 1 saturated heterocycles. The standard InChI is InChI=1S/C19H24N4O/c1-3-22-11-13-23(14-12-22)19(15(2)24)21-20-18-10-6-8-16-7-4-5-9-17(16)18/h4-10,20H,3,11-14H2,1-2H3. The summed E-state index contributed by atoms with van der Waals surface area (Å²) in [5.74, 6) is 0.506. The fourth-order valence-electron chi connectivity index (χ4n) is 3.08. The lowest BCUT2D eigenvalue weighted by Crippen LogP contribution is -2.50. The van der Waals surface area contributed by atoms with E-state index in [1.165, 1.54) is 0 Å². The van der Waals surface area contributed by atoms with Crippen LogP contribution in [0.25, 0.3) is 10.8 Å². The molecule has 5 nitrogen and oxygen atoms in total. The molecule has 0 aromatic heterocycles. The number of carbonyl (C=O) groups excluding carboxylic acids is 1. The molecule has 0 spiro atoms. The van der Waals surface area contributed by atoms with Crippen molar-refractivity contribution in [2.24, 2.45) is 5.10 Å². The molecule has 0 amide bonds. The fraction of sp³-hybridized carbons (Fsp3) is 0.368. The molecule has 126 valence electrons. The summed E-state index contributed by atoms with van der Waals surface area (Å²) in [7, 11) is 0. The Bertz CT molecular complexity index is 743. The predicted octanol–water partition coefficient (Wildman–Crippen LogP) is 2.79. The van der Waals surface area contributed by atoms with Gasteiger partial charge in [0.05, 0.1) is 5.69 Å². The number of anilines is 1. The average Bonchev–Trinajstić information content (AvgIpc) is 2.62. The third-order valence-electron chi connectivity index (χ3n) is 4.51. The van der Waals surface area contributed by atoms with E-state index in [9.17, 15) is 4.79 Å². The number of carbonyl (C=O) groups is 1. The molecule has 0 saturated carbocycles. The van der Waals surface area contributed by atoms with E-state index >= 15 is 0 Å². The van der Waals surface area contributed by atoms with Gasteiger partial charge in [0.15, 0.2) is 11.6 Å². The van der Waals surface area contributed by atoms with Gasteiger partial charge in [-0.2, -0.15) is 5.10 Å². The summed E-state index contributed by atoms with van der Waals surface area (Å²) in [6.07, 6.45) is 0. The van der Waals surface area contributed by atoms with Crippen LogP contribution in [0.3, 0.4) is 0 Å². The van der Waals surface area contributed by atoms with Crippen molar-refractivity contribution >= 4 is 28.1 Å². The van der Waals surface area contributed by atoms with Gasteiger partial charge < -0.3 is 9.80 Å². The summed E-state index contributed by atoms with van der Waals surface area (Å²) in [4.78, 5) is 16.5. The minimum absolute atomic E-state index is 0.00677. The molecule has 1 aliphatic heterocycles. The lowest BCUT2D eigenvalue weighted by atomic mass is 10.1. The Morgan fingerprint density at radius 2 is 1.79 bits per heavy atom. The van der Waals surface area contributed by atoms with E-state index in [0.717, 1.165) is 49.2 Å². The second kappa shape index (κ2) is 7.45. The molecule has 5 heteroatoms. The molecule has 0 unspecified atom stereocenters. The molecule has 1 fully saturated rings. The number of fused-ring (bicyclic) bond motifs is 1. The maximum Gasteiger partial charge on any atom is 0.196 e. The molecular weight excluding hydrogens is 300 g/mol. The van der Waals surface area contributed by atoms with Crippen LogP contribution in [-0.4, -0.2) is 54.1 Å². The van der Waals surface area contributed by atoms with Crippen molar-refractivity contribution in [3.8, 4) is 0 Å². The molecule has 3 rings (SSSR count). The van der Waals surface area contributed by atoms with Gasteiger partial charge in [0.25, 0.3) is 0 Å². The fourth-order valence-corrected chi connectivity index (χ4v) is 3.08. The van der Waals surface area contributed by atoms with Crippen molar-refractivity contribution in [1.29, 1.82) is 0 Å². The Kier molecular flexibility index (Phi) is 5.11. The highest BCUT2D eigenvalue weighted by Crippen LogP contribution is 2.23. The van der Waals surface area contributed by atoms with Crippen LogP contribution in [0.2, 0.25) is 0 Å².